The molecule has 0 radical (unpaired) electrons. The molecule has 1 heterocycles. The minimum Gasteiger partial charge on any atom is -0.494 e. The Morgan fingerprint density at radius 3 is 2.05 bits per heavy atom. The van der Waals surface area contributed by atoms with E-state index in [2.05, 4.69) is 20.9 Å². The molecule has 5 N–H and O–H groups in total. The first-order valence-corrected chi connectivity index (χ1v) is 14.3. The molecule has 0 saturated heterocycles. The van der Waals surface area contributed by atoms with Gasteiger partial charge in [0.25, 0.3) is 5.91 Å². The summed E-state index contributed by atoms with van der Waals surface area (Å²) in [5.74, 6) is -0.504. The highest BCUT2D eigenvalue weighted by atomic mass is 16.5. The van der Waals surface area contributed by atoms with Crippen LogP contribution in [-0.4, -0.2) is 41.4 Å². The van der Waals surface area contributed by atoms with E-state index in [-0.39, 0.29) is 31.2 Å². The van der Waals surface area contributed by atoms with Gasteiger partial charge in [-0.3, -0.25) is 19.4 Å². The lowest BCUT2D eigenvalue weighted by molar-refractivity contribution is -0.130. The fourth-order valence-corrected chi connectivity index (χ4v) is 4.51. The van der Waals surface area contributed by atoms with Crippen LogP contribution in [0, 0.1) is 0 Å². The predicted molar refractivity (Wildman–Crippen MR) is 165 cm³/mol. The van der Waals surface area contributed by atoms with E-state index in [0.29, 0.717) is 24.5 Å². The second-order valence-electron chi connectivity index (χ2n) is 10.0. The maximum Gasteiger partial charge on any atom is 0.251 e. The van der Waals surface area contributed by atoms with Crippen molar-refractivity contribution >= 4 is 17.7 Å². The molecule has 0 spiro atoms. The van der Waals surface area contributed by atoms with Crippen LogP contribution in [0.5, 0.6) is 5.75 Å². The zero-order valence-corrected chi connectivity index (χ0v) is 24.2. The normalized spacial score (nSPS) is 12.0. The van der Waals surface area contributed by atoms with Crippen LogP contribution in [0.3, 0.4) is 0 Å². The summed E-state index contributed by atoms with van der Waals surface area (Å²) in [6, 6.07) is 25.5. The molecule has 0 aliphatic heterocycles. The predicted octanol–water partition coefficient (Wildman–Crippen LogP) is 3.32. The van der Waals surface area contributed by atoms with Crippen LogP contribution >= 0.6 is 0 Å². The highest BCUT2D eigenvalue weighted by molar-refractivity contribution is 5.98. The van der Waals surface area contributed by atoms with Crippen molar-refractivity contribution in [2.24, 2.45) is 5.73 Å². The molecular weight excluding hydrogens is 542 g/mol. The van der Waals surface area contributed by atoms with E-state index in [0.717, 1.165) is 22.3 Å². The summed E-state index contributed by atoms with van der Waals surface area (Å²) in [6.07, 6.45) is 3.74. The third-order valence-corrected chi connectivity index (χ3v) is 6.85. The molecule has 0 fully saturated rings. The third kappa shape index (κ3) is 9.51. The monoisotopic (exact) mass is 579 g/mol. The van der Waals surface area contributed by atoms with Crippen LogP contribution in [0.15, 0.2) is 103 Å². The van der Waals surface area contributed by atoms with Gasteiger partial charge in [-0.1, -0.05) is 60.7 Å². The van der Waals surface area contributed by atoms with Gasteiger partial charge in [0.15, 0.2) is 0 Å². The van der Waals surface area contributed by atoms with Crippen LogP contribution in [0.1, 0.15) is 39.5 Å². The molecular formula is C34H37N5O4. The fraction of sp³-hybridized carbons (Fsp3) is 0.235. The number of nitrogens with zero attached hydrogens (tertiary/aromatic N) is 1. The van der Waals surface area contributed by atoms with Crippen molar-refractivity contribution in [2.45, 2.75) is 44.9 Å². The van der Waals surface area contributed by atoms with Gasteiger partial charge in [-0.2, -0.15) is 0 Å². The van der Waals surface area contributed by atoms with Gasteiger partial charge in [-0.05, 0) is 59.5 Å². The number of carbonyl (C=O) groups is 3. The first-order valence-electron chi connectivity index (χ1n) is 14.3. The Kier molecular flexibility index (Phi) is 11.4. The number of carbonyl (C=O) groups excluding carboxylic acids is 3. The summed E-state index contributed by atoms with van der Waals surface area (Å²) in [6.45, 7) is 3.16. The van der Waals surface area contributed by atoms with Crippen molar-refractivity contribution in [3.8, 4) is 5.75 Å². The first-order chi connectivity index (χ1) is 20.9. The summed E-state index contributed by atoms with van der Waals surface area (Å²) in [5.41, 5.74) is 9.62. The number of amides is 3. The van der Waals surface area contributed by atoms with Gasteiger partial charge in [0.2, 0.25) is 11.8 Å². The second-order valence-corrected chi connectivity index (χ2v) is 10.0. The van der Waals surface area contributed by atoms with E-state index < -0.39 is 18.0 Å². The van der Waals surface area contributed by atoms with E-state index in [9.17, 15) is 14.4 Å². The van der Waals surface area contributed by atoms with E-state index in [4.69, 9.17) is 10.5 Å². The zero-order chi connectivity index (χ0) is 30.4. The van der Waals surface area contributed by atoms with Crippen LogP contribution in [-0.2, 0) is 35.5 Å². The molecule has 0 aliphatic rings. The molecule has 222 valence electrons. The van der Waals surface area contributed by atoms with E-state index in [1.165, 1.54) is 0 Å². The molecule has 0 aliphatic carbocycles. The standard InChI is InChI=1S/C34H37N5O4/c1-2-43-29-16-14-24(15-17-29)19-31(38-32(40)28-8-4-3-5-9-28)34(42)39-30(20-27-7-6-18-36-22-27)33(41)37-23-26-12-10-25(21-35)11-13-26/h3-18,22,30-31H,2,19-21,23,35H2,1H3,(H,37,41)(H,38,40)(H,39,42)/t30-,31+/m0/s1. The van der Waals surface area contributed by atoms with Gasteiger partial charge in [-0.25, -0.2) is 0 Å². The van der Waals surface area contributed by atoms with Gasteiger partial charge in [0.05, 0.1) is 6.61 Å². The van der Waals surface area contributed by atoms with Crippen molar-refractivity contribution in [3.63, 3.8) is 0 Å². The first kappa shape index (κ1) is 30.9. The number of benzene rings is 3. The fourth-order valence-electron chi connectivity index (χ4n) is 4.51. The number of nitrogens with two attached hydrogens (primary N) is 1. The van der Waals surface area contributed by atoms with E-state index in [1.807, 2.05) is 67.6 Å². The Labute approximate surface area is 251 Å². The van der Waals surface area contributed by atoms with E-state index in [1.54, 1.807) is 42.7 Å². The van der Waals surface area contributed by atoms with Gasteiger partial charge in [0.1, 0.15) is 17.8 Å². The molecule has 0 bridgehead atoms. The van der Waals surface area contributed by atoms with Gasteiger partial charge in [-0.15, -0.1) is 0 Å². The van der Waals surface area contributed by atoms with Crippen LogP contribution in [0.2, 0.25) is 0 Å². The average molecular weight is 580 g/mol. The summed E-state index contributed by atoms with van der Waals surface area (Å²) in [4.78, 5) is 44.5. The Morgan fingerprint density at radius 2 is 1.40 bits per heavy atom. The SMILES string of the molecule is CCOc1ccc(C[C@@H](NC(=O)c2ccccc2)C(=O)N[C@@H](Cc2cccnc2)C(=O)NCc2ccc(CN)cc2)cc1. The number of nitrogens with one attached hydrogen (secondary N) is 3. The lowest BCUT2D eigenvalue weighted by Gasteiger charge is -2.24. The quantitative estimate of drug-likeness (QED) is 0.181. The minimum atomic E-state index is -0.946. The number of rotatable bonds is 14. The molecule has 0 saturated carbocycles. The Balaban J connectivity index is 1.53. The Bertz CT molecular complexity index is 1460. The third-order valence-electron chi connectivity index (χ3n) is 6.85. The highest BCUT2D eigenvalue weighted by Crippen LogP contribution is 2.14. The summed E-state index contributed by atoms with van der Waals surface area (Å²) in [7, 11) is 0. The van der Waals surface area contributed by atoms with Crippen LogP contribution in [0.4, 0.5) is 0 Å². The maximum atomic E-state index is 13.8. The number of ether oxygens (including phenoxy) is 1. The smallest absolute Gasteiger partial charge is 0.251 e. The lowest BCUT2D eigenvalue weighted by atomic mass is 10.0. The minimum absolute atomic E-state index is 0.214. The average Bonchev–Trinajstić information content (AvgIpc) is 3.05. The Morgan fingerprint density at radius 1 is 0.744 bits per heavy atom. The molecule has 0 unspecified atom stereocenters. The van der Waals surface area contributed by atoms with Crippen molar-refractivity contribution in [1.82, 2.24) is 20.9 Å². The topological polar surface area (TPSA) is 135 Å². The molecule has 3 aromatic carbocycles. The summed E-state index contributed by atoms with van der Waals surface area (Å²) < 4.78 is 5.53. The van der Waals surface area contributed by atoms with E-state index >= 15 is 0 Å². The van der Waals surface area contributed by atoms with Gasteiger partial charge < -0.3 is 26.4 Å². The zero-order valence-electron chi connectivity index (χ0n) is 24.2. The molecule has 9 nitrogen and oxygen atoms in total. The molecule has 1 aromatic heterocycles. The highest BCUT2D eigenvalue weighted by Gasteiger charge is 2.28. The number of aromatic nitrogens is 1. The van der Waals surface area contributed by atoms with Gasteiger partial charge in [0, 0.05) is 43.9 Å². The van der Waals surface area contributed by atoms with Crippen molar-refractivity contribution in [3.05, 3.63) is 131 Å². The van der Waals surface area contributed by atoms with Crippen molar-refractivity contribution in [1.29, 1.82) is 0 Å². The molecule has 3 amide bonds. The van der Waals surface area contributed by atoms with Crippen LogP contribution < -0.4 is 26.4 Å². The molecule has 2 atom stereocenters. The number of hydrogen-bond donors (Lipinski definition) is 4. The molecule has 4 aromatic rings. The van der Waals surface area contributed by atoms with Crippen LogP contribution in [0.25, 0.3) is 0 Å². The molecule has 9 heteroatoms. The number of pyridine rings is 1. The molecule has 4 rings (SSSR count). The largest absolute Gasteiger partial charge is 0.494 e. The lowest BCUT2D eigenvalue weighted by Crippen LogP contribution is -2.55. The van der Waals surface area contributed by atoms with Gasteiger partial charge >= 0.3 is 0 Å². The number of hydrogen-bond acceptors (Lipinski definition) is 6. The molecule has 43 heavy (non-hydrogen) atoms. The van der Waals surface area contributed by atoms with Crippen molar-refractivity contribution < 1.29 is 19.1 Å². The van der Waals surface area contributed by atoms with Crippen molar-refractivity contribution in [2.75, 3.05) is 6.61 Å². The summed E-state index contributed by atoms with van der Waals surface area (Å²) in [5, 5.41) is 8.68. The Hall–Kier alpha value is -5.02. The summed E-state index contributed by atoms with van der Waals surface area (Å²) >= 11 is 0. The second kappa shape index (κ2) is 15.8. The maximum absolute atomic E-state index is 13.8.